The number of nitrogens with zero attached hydrogens (tertiary/aromatic N) is 5. The molecule has 0 aromatic carbocycles. The molecule has 0 aliphatic carbocycles. The number of aromatic nitrogens is 4. The molecule has 0 amide bonds. The lowest BCUT2D eigenvalue weighted by molar-refractivity contribution is -0.384. The van der Waals surface area contributed by atoms with Crippen LogP contribution in [0.3, 0.4) is 0 Å². The summed E-state index contributed by atoms with van der Waals surface area (Å²) in [6.07, 6.45) is 2.43. The van der Waals surface area contributed by atoms with E-state index in [0.717, 1.165) is 6.42 Å². The van der Waals surface area contributed by atoms with Gasteiger partial charge in [0.05, 0.1) is 22.9 Å². The summed E-state index contributed by atoms with van der Waals surface area (Å²) in [6.45, 7) is 2.72. The summed E-state index contributed by atoms with van der Waals surface area (Å²) in [4.78, 5) is 14.8. The highest BCUT2D eigenvalue weighted by Crippen LogP contribution is 2.24. The molecule has 0 aliphatic rings. The minimum Gasteiger partial charge on any atom is -0.370 e. The molecule has 0 saturated carbocycles. The molecule has 1 N–H and O–H groups in total. The van der Waals surface area contributed by atoms with E-state index in [2.05, 4.69) is 20.6 Å². The molecule has 0 atom stereocenters. The number of nitro groups is 1. The Morgan fingerprint density at radius 1 is 1.47 bits per heavy atom. The van der Waals surface area contributed by atoms with Crippen molar-refractivity contribution in [1.29, 1.82) is 0 Å². The third-order valence-corrected chi connectivity index (χ3v) is 2.55. The molecule has 2 aromatic rings. The van der Waals surface area contributed by atoms with E-state index >= 15 is 0 Å². The molecule has 0 radical (unpaired) electrons. The van der Waals surface area contributed by atoms with Gasteiger partial charge in [0.1, 0.15) is 11.5 Å². The molecule has 0 unspecified atom stereocenters. The minimum absolute atomic E-state index is 0.00944. The minimum atomic E-state index is -0.438. The SMILES string of the molecule is CCCNc1cc([N+](=O)[O-])cc(-c2cnnn2C)n1. The maximum absolute atomic E-state index is 10.9. The van der Waals surface area contributed by atoms with Gasteiger partial charge in [0, 0.05) is 19.7 Å². The van der Waals surface area contributed by atoms with E-state index in [0.29, 0.717) is 23.8 Å². The van der Waals surface area contributed by atoms with E-state index in [1.54, 1.807) is 7.05 Å². The van der Waals surface area contributed by atoms with Crippen LogP contribution in [0.25, 0.3) is 11.4 Å². The van der Waals surface area contributed by atoms with E-state index in [1.807, 2.05) is 6.92 Å². The first kappa shape index (κ1) is 12.9. The molecule has 0 spiro atoms. The van der Waals surface area contributed by atoms with E-state index in [1.165, 1.54) is 23.0 Å². The predicted octanol–water partition coefficient (Wildman–Crippen LogP) is 1.61. The Bertz CT molecular complexity index is 595. The van der Waals surface area contributed by atoms with Gasteiger partial charge in [-0.15, -0.1) is 5.10 Å². The van der Waals surface area contributed by atoms with Crippen molar-refractivity contribution in [3.05, 3.63) is 28.4 Å². The first-order valence-electron chi connectivity index (χ1n) is 5.87. The Hall–Kier alpha value is -2.51. The lowest BCUT2D eigenvalue weighted by Crippen LogP contribution is -2.04. The zero-order chi connectivity index (χ0) is 13.8. The van der Waals surface area contributed by atoms with Crippen molar-refractivity contribution in [2.45, 2.75) is 13.3 Å². The Balaban J connectivity index is 2.45. The number of hydrogen-bond acceptors (Lipinski definition) is 6. The molecule has 19 heavy (non-hydrogen) atoms. The molecule has 2 heterocycles. The molecule has 8 heteroatoms. The molecule has 0 aliphatic heterocycles. The fraction of sp³-hybridized carbons (Fsp3) is 0.364. The smallest absolute Gasteiger partial charge is 0.275 e. The van der Waals surface area contributed by atoms with Gasteiger partial charge in [0.2, 0.25) is 0 Å². The predicted molar refractivity (Wildman–Crippen MR) is 69.7 cm³/mol. The molecular weight excluding hydrogens is 248 g/mol. The zero-order valence-electron chi connectivity index (χ0n) is 10.7. The fourth-order valence-corrected chi connectivity index (χ4v) is 1.62. The number of anilines is 1. The summed E-state index contributed by atoms with van der Waals surface area (Å²) < 4.78 is 1.52. The van der Waals surface area contributed by atoms with Gasteiger partial charge in [-0.05, 0) is 6.42 Å². The van der Waals surface area contributed by atoms with Crippen LogP contribution in [0.5, 0.6) is 0 Å². The highest BCUT2D eigenvalue weighted by Gasteiger charge is 2.14. The largest absolute Gasteiger partial charge is 0.370 e. The second-order valence-corrected chi connectivity index (χ2v) is 4.02. The molecule has 0 fully saturated rings. The van der Waals surface area contributed by atoms with E-state index in [-0.39, 0.29) is 5.69 Å². The number of pyridine rings is 1. The number of rotatable bonds is 5. The van der Waals surface area contributed by atoms with Crippen LogP contribution < -0.4 is 5.32 Å². The van der Waals surface area contributed by atoms with Crippen LogP contribution in [0, 0.1) is 10.1 Å². The Morgan fingerprint density at radius 3 is 2.84 bits per heavy atom. The maximum Gasteiger partial charge on any atom is 0.275 e. The molecule has 8 nitrogen and oxygen atoms in total. The van der Waals surface area contributed by atoms with Crippen molar-refractivity contribution < 1.29 is 4.92 Å². The Labute approximate surface area is 109 Å². The quantitative estimate of drug-likeness (QED) is 0.649. The van der Waals surface area contributed by atoms with Gasteiger partial charge >= 0.3 is 0 Å². The van der Waals surface area contributed by atoms with Crippen molar-refractivity contribution in [1.82, 2.24) is 20.0 Å². The van der Waals surface area contributed by atoms with Crippen molar-refractivity contribution in [2.24, 2.45) is 7.05 Å². The van der Waals surface area contributed by atoms with Crippen LogP contribution in [-0.2, 0) is 7.05 Å². The third-order valence-electron chi connectivity index (χ3n) is 2.55. The third kappa shape index (κ3) is 2.84. The molecular formula is C11H14N6O2. The molecule has 2 rings (SSSR count). The van der Waals surface area contributed by atoms with Crippen LogP contribution in [0.15, 0.2) is 18.3 Å². The number of aryl methyl sites for hydroxylation is 1. The normalized spacial score (nSPS) is 10.4. The summed E-state index contributed by atoms with van der Waals surface area (Å²) in [7, 11) is 1.71. The lowest BCUT2D eigenvalue weighted by Gasteiger charge is -2.06. The van der Waals surface area contributed by atoms with Crippen molar-refractivity contribution in [2.75, 3.05) is 11.9 Å². The average Bonchev–Trinajstić information content (AvgIpc) is 2.82. The van der Waals surface area contributed by atoms with Crippen LogP contribution in [-0.4, -0.2) is 31.4 Å². The summed E-state index contributed by atoms with van der Waals surface area (Å²) in [5.74, 6) is 0.479. The summed E-state index contributed by atoms with van der Waals surface area (Å²) >= 11 is 0. The van der Waals surface area contributed by atoms with E-state index in [4.69, 9.17) is 0 Å². The first-order valence-corrected chi connectivity index (χ1v) is 5.87. The summed E-state index contributed by atoms with van der Waals surface area (Å²) in [5.41, 5.74) is 1.09. The second kappa shape index (κ2) is 5.42. The highest BCUT2D eigenvalue weighted by molar-refractivity contribution is 5.61. The average molecular weight is 262 g/mol. The molecule has 0 saturated heterocycles. The van der Waals surface area contributed by atoms with Gasteiger partial charge in [0.25, 0.3) is 5.69 Å². The van der Waals surface area contributed by atoms with E-state index < -0.39 is 4.92 Å². The molecule has 0 bridgehead atoms. The van der Waals surface area contributed by atoms with Crippen LogP contribution in [0.4, 0.5) is 11.5 Å². The highest BCUT2D eigenvalue weighted by atomic mass is 16.6. The Morgan fingerprint density at radius 2 is 2.26 bits per heavy atom. The van der Waals surface area contributed by atoms with Gasteiger partial charge in [-0.2, -0.15) is 0 Å². The van der Waals surface area contributed by atoms with Crippen molar-refractivity contribution in [3.63, 3.8) is 0 Å². The standard InChI is InChI=1S/C11H14N6O2/c1-3-4-12-11-6-8(17(18)19)5-9(14-11)10-7-13-15-16(10)2/h5-7H,3-4H2,1-2H3,(H,12,14). The van der Waals surface area contributed by atoms with Gasteiger partial charge in [-0.3, -0.25) is 10.1 Å². The summed E-state index contributed by atoms with van der Waals surface area (Å²) in [6, 6.07) is 2.83. The number of hydrogen-bond donors (Lipinski definition) is 1. The summed E-state index contributed by atoms with van der Waals surface area (Å²) in [5, 5.41) is 21.5. The zero-order valence-corrected chi connectivity index (χ0v) is 10.7. The van der Waals surface area contributed by atoms with Gasteiger partial charge in [-0.1, -0.05) is 12.1 Å². The first-order chi connectivity index (χ1) is 9.11. The monoisotopic (exact) mass is 262 g/mol. The van der Waals surface area contributed by atoms with Crippen LogP contribution >= 0.6 is 0 Å². The van der Waals surface area contributed by atoms with Crippen LogP contribution in [0.2, 0.25) is 0 Å². The molecule has 2 aromatic heterocycles. The van der Waals surface area contributed by atoms with E-state index in [9.17, 15) is 10.1 Å². The van der Waals surface area contributed by atoms with Crippen LogP contribution in [0.1, 0.15) is 13.3 Å². The number of nitrogens with one attached hydrogen (secondary N) is 1. The lowest BCUT2D eigenvalue weighted by atomic mass is 10.2. The maximum atomic E-state index is 10.9. The van der Waals surface area contributed by atoms with Gasteiger partial charge in [-0.25, -0.2) is 9.67 Å². The molecule has 100 valence electrons. The van der Waals surface area contributed by atoms with Crippen molar-refractivity contribution >= 4 is 11.5 Å². The van der Waals surface area contributed by atoms with Crippen molar-refractivity contribution in [3.8, 4) is 11.4 Å². The Kier molecular flexibility index (Phi) is 3.69. The topological polar surface area (TPSA) is 98.8 Å². The fourth-order valence-electron chi connectivity index (χ4n) is 1.62. The van der Waals surface area contributed by atoms with Gasteiger partial charge < -0.3 is 5.32 Å². The second-order valence-electron chi connectivity index (χ2n) is 4.02. The van der Waals surface area contributed by atoms with Gasteiger partial charge in [0.15, 0.2) is 0 Å².